The van der Waals surface area contributed by atoms with E-state index in [1.807, 2.05) is 0 Å². The van der Waals surface area contributed by atoms with E-state index in [1.165, 1.54) is 12.1 Å². The predicted molar refractivity (Wildman–Crippen MR) is 69.1 cm³/mol. The number of ether oxygens (including phenoxy) is 1. The third kappa shape index (κ3) is 3.24. The number of carbonyl (C=O) groups is 1. The Kier molecular flexibility index (Phi) is 4.20. The van der Waals surface area contributed by atoms with Gasteiger partial charge in [-0.2, -0.15) is 0 Å². The number of carboxylic acid groups (broad SMARTS) is 1. The third-order valence-corrected chi connectivity index (χ3v) is 2.87. The SMILES string of the molecule is O=C(O)c1ccc(F)c(COc2ccc(F)cc2Cl)c1. The van der Waals surface area contributed by atoms with E-state index in [0.29, 0.717) is 0 Å². The first-order chi connectivity index (χ1) is 9.47. The van der Waals surface area contributed by atoms with Gasteiger partial charge in [0.15, 0.2) is 0 Å². The van der Waals surface area contributed by atoms with Crippen LogP contribution < -0.4 is 4.74 Å². The first-order valence-electron chi connectivity index (χ1n) is 5.57. The van der Waals surface area contributed by atoms with Crippen molar-refractivity contribution in [2.75, 3.05) is 0 Å². The first-order valence-corrected chi connectivity index (χ1v) is 5.95. The first kappa shape index (κ1) is 14.3. The van der Waals surface area contributed by atoms with Gasteiger partial charge in [-0.05, 0) is 36.4 Å². The van der Waals surface area contributed by atoms with Gasteiger partial charge in [-0.1, -0.05) is 11.6 Å². The number of hydrogen-bond donors (Lipinski definition) is 1. The van der Waals surface area contributed by atoms with Gasteiger partial charge in [0.1, 0.15) is 24.0 Å². The van der Waals surface area contributed by atoms with Crippen molar-refractivity contribution in [2.24, 2.45) is 0 Å². The van der Waals surface area contributed by atoms with E-state index < -0.39 is 17.6 Å². The molecule has 0 spiro atoms. The van der Waals surface area contributed by atoms with Gasteiger partial charge in [-0.3, -0.25) is 0 Å². The van der Waals surface area contributed by atoms with Crippen LogP contribution in [0.3, 0.4) is 0 Å². The molecular formula is C14H9ClF2O3. The average Bonchev–Trinajstić information content (AvgIpc) is 2.39. The Morgan fingerprint density at radius 3 is 2.60 bits per heavy atom. The van der Waals surface area contributed by atoms with Crippen molar-refractivity contribution in [2.45, 2.75) is 6.61 Å². The lowest BCUT2D eigenvalue weighted by molar-refractivity contribution is 0.0696. The zero-order chi connectivity index (χ0) is 14.7. The largest absolute Gasteiger partial charge is 0.487 e. The second kappa shape index (κ2) is 5.88. The Hall–Kier alpha value is -2.14. The standard InChI is InChI=1S/C14H9ClF2O3/c15-11-6-10(16)2-4-13(11)20-7-9-5-8(14(18)19)1-3-12(9)17/h1-6H,7H2,(H,18,19). The number of hydrogen-bond acceptors (Lipinski definition) is 2. The van der Waals surface area contributed by atoms with Crippen LogP contribution in [0.5, 0.6) is 5.75 Å². The maximum Gasteiger partial charge on any atom is 0.335 e. The van der Waals surface area contributed by atoms with Crippen molar-refractivity contribution >= 4 is 17.6 Å². The van der Waals surface area contributed by atoms with Crippen LogP contribution in [0.15, 0.2) is 36.4 Å². The molecular weight excluding hydrogens is 290 g/mol. The van der Waals surface area contributed by atoms with E-state index in [2.05, 4.69) is 0 Å². The highest BCUT2D eigenvalue weighted by molar-refractivity contribution is 6.32. The van der Waals surface area contributed by atoms with Crippen LogP contribution >= 0.6 is 11.6 Å². The topological polar surface area (TPSA) is 46.5 Å². The van der Waals surface area contributed by atoms with Crippen molar-refractivity contribution < 1.29 is 23.4 Å². The maximum atomic E-state index is 13.5. The lowest BCUT2D eigenvalue weighted by Crippen LogP contribution is -2.03. The van der Waals surface area contributed by atoms with Gasteiger partial charge >= 0.3 is 5.97 Å². The molecule has 0 heterocycles. The Labute approximate surface area is 118 Å². The van der Waals surface area contributed by atoms with Crippen LogP contribution in [-0.2, 0) is 6.61 Å². The van der Waals surface area contributed by atoms with Gasteiger partial charge in [0.25, 0.3) is 0 Å². The van der Waals surface area contributed by atoms with E-state index in [9.17, 15) is 13.6 Å². The second-order valence-corrected chi connectivity index (χ2v) is 4.38. The summed E-state index contributed by atoms with van der Waals surface area (Å²) < 4.78 is 31.6. The number of rotatable bonds is 4. The fourth-order valence-electron chi connectivity index (χ4n) is 1.57. The summed E-state index contributed by atoms with van der Waals surface area (Å²) in [4.78, 5) is 10.8. The van der Waals surface area contributed by atoms with Gasteiger partial charge in [-0.15, -0.1) is 0 Å². The molecule has 6 heteroatoms. The molecule has 0 bridgehead atoms. The minimum absolute atomic E-state index is 0.0461. The molecule has 20 heavy (non-hydrogen) atoms. The van der Waals surface area contributed by atoms with Crippen molar-refractivity contribution in [3.63, 3.8) is 0 Å². The van der Waals surface area contributed by atoms with Crippen LogP contribution in [0.2, 0.25) is 5.02 Å². The van der Waals surface area contributed by atoms with Crippen molar-refractivity contribution in [1.29, 1.82) is 0 Å². The summed E-state index contributed by atoms with van der Waals surface area (Å²) in [5.41, 5.74) is 0.0282. The van der Waals surface area contributed by atoms with E-state index in [4.69, 9.17) is 21.4 Å². The van der Waals surface area contributed by atoms with Crippen LogP contribution in [0.4, 0.5) is 8.78 Å². The molecule has 0 radical (unpaired) electrons. The number of carboxylic acids is 1. The van der Waals surface area contributed by atoms with E-state index in [-0.39, 0.29) is 28.5 Å². The molecule has 3 nitrogen and oxygen atoms in total. The highest BCUT2D eigenvalue weighted by atomic mass is 35.5. The average molecular weight is 299 g/mol. The fraction of sp³-hybridized carbons (Fsp3) is 0.0714. The summed E-state index contributed by atoms with van der Waals surface area (Å²) >= 11 is 5.76. The van der Waals surface area contributed by atoms with Gasteiger partial charge in [0.2, 0.25) is 0 Å². The third-order valence-electron chi connectivity index (χ3n) is 2.57. The Morgan fingerprint density at radius 1 is 1.20 bits per heavy atom. The van der Waals surface area contributed by atoms with Crippen molar-refractivity contribution in [3.05, 3.63) is 64.2 Å². The van der Waals surface area contributed by atoms with E-state index in [0.717, 1.165) is 24.3 Å². The highest BCUT2D eigenvalue weighted by Gasteiger charge is 2.10. The molecule has 0 aliphatic rings. The van der Waals surface area contributed by atoms with Crippen LogP contribution in [0, 0.1) is 11.6 Å². The van der Waals surface area contributed by atoms with Crippen molar-refractivity contribution in [3.8, 4) is 5.75 Å². The van der Waals surface area contributed by atoms with Crippen LogP contribution in [-0.4, -0.2) is 11.1 Å². The lowest BCUT2D eigenvalue weighted by atomic mass is 10.1. The van der Waals surface area contributed by atoms with E-state index in [1.54, 1.807) is 0 Å². The predicted octanol–water partition coefficient (Wildman–Crippen LogP) is 3.90. The molecule has 2 rings (SSSR count). The molecule has 2 aromatic rings. The van der Waals surface area contributed by atoms with Gasteiger partial charge < -0.3 is 9.84 Å². The lowest BCUT2D eigenvalue weighted by Gasteiger charge is -2.09. The monoisotopic (exact) mass is 298 g/mol. The summed E-state index contributed by atoms with van der Waals surface area (Å²) in [6.45, 7) is -0.210. The molecule has 104 valence electrons. The molecule has 2 aromatic carbocycles. The molecule has 0 amide bonds. The highest BCUT2D eigenvalue weighted by Crippen LogP contribution is 2.26. The summed E-state index contributed by atoms with van der Waals surface area (Å²) in [6.07, 6.45) is 0. The molecule has 0 saturated carbocycles. The quantitative estimate of drug-likeness (QED) is 0.931. The minimum Gasteiger partial charge on any atom is -0.487 e. The zero-order valence-electron chi connectivity index (χ0n) is 10.1. The van der Waals surface area contributed by atoms with E-state index >= 15 is 0 Å². The number of aromatic carboxylic acids is 1. The maximum absolute atomic E-state index is 13.5. The molecule has 1 N–H and O–H groups in total. The summed E-state index contributed by atoms with van der Waals surface area (Å²) in [5, 5.41) is 8.89. The van der Waals surface area contributed by atoms with Crippen LogP contribution in [0.1, 0.15) is 15.9 Å². The van der Waals surface area contributed by atoms with Gasteiger partial charge in [0, 0.05) is 5.56 Å². The minimum atomic E-state index is -1.16. The van der Waals surface area contributed by atoms with Crippen molar-refractivity contribution in [1.82, 2.24) is 0 Å². The molecule has 0 atom stereocenters. The summed E-state index contributed by atoms with van der Waals surface area (Å²) in [6, 6.07) is 6.93. The molecule has 0 unspecified atom stereocenters. The second-order valence-electron chi connectivity index (χ2n) is 3.97. The fourth-order valence-corrected chi connectivity index (χ4v) is 1.79. The molecule has 0 aromatic heterocycles. The van der Waals surface area contributed by atoms with Crippen LogP contribution in [0.25, 0.3) is 0 Å². The Balaban J connectivity index is 2.18. The molecule has 0 saturated heterocycles. The molecule has 0 aliphatic heterocycles. The molecule has 0 fully saturated rings. The summed E-state index contributed by atoms with van der Waals surface area (Å²) in [5.74, 6) is -2.08. The number of benzene rings is 2. The Bertz CT molecular complexity index is 659. The smallest absolute Gasteiger partial charge is 0.335 e. The van der Waals surface area contributed by atoms with Gasteiger partial charge in [-0.25, -0.2) is 13.6 Å². The van der Waals surface area contributed by atoms with Gasteiger partial charge in [0.05, 0.1) is 10.6 Å². The Morgan fingerprint density at radius 2 is 1.95 bits per heavy atom. The zero-order valence-corrected chi connectivity index (χ0v) is 10.8. The summed E-state index contributed by atoms with van der Waals surface area (Å²) in [7, 11) is 0. The normalized spacial score (nSPS) is 10.3. The number of halogens is 3. The molecule has 0 aliphatic carbocycles.